The van der Waals surface area contributed by atoms with Crippen molar-refractivity contribution >= 4 is 79.5 Å². The lowest BCUT2D eigenvalue weighted by atomic mass is 9.79. The fraction of sp³-hybridized carbons (Fsp3) is 0.342. The second kappa shape index (κ2) is 28.0. The summed E-state index contributed by atoms with van der Waals surface area (Å²) >= 11 is 0. The van der Waals surface area contributed by atoms with Crippen molar-refractivity contribution < 1.29 is 80.7 Å². The maximum absolute atomic E-state index is 13.3. The van der Waals surface area contributed by atoms with Crippen molar-refractivity contribution in [3.63, 3.8) is 0 Å². The van der Waals surface area contributed by atoms with Crippen LogP contribution in [0.2, 0.25) is 0 Å². The smallest absolute Gasteiger partial charge is 0.341 e. The van der Waals surface area contributed by atoms with E-state index < -0.39 is 174 Å². The normalized spacial score (nSPS) is 17.3. The molecular formula is C76H90N6O12. The van der Waals surface area contributed by atoms with E-state index in [-0.39, 0.29) is 55.7 Å². The minimum atomic E-state index is -3.63. The van der Waals surface area contributed by atoms with Crippen LogP contribution >= 0.6 is 0 Å². The molecule has 18 nitrogen and oxygen atoms in total. The largest absolute Gasteiger partial charge is 0.508 e. The first-order valence-corrected chi connectivity index (χ1v) is 28.6. The number of amides is 2. The van der Waals surface area contributed by atoms with Crippen LogP contribution in [0, 0.1) is 0 Å². The number of nitrogen functional groups attached to an aromatic ring is 1. The number of aromatic hydroxyl groups is 1. The second-order valence-electron chi connectivity index (χ2n) is 24.9. The van der Waals surface area contributed by atoms with Crippen LogP contribution in [0.5, 0.6) is 17.2 Å². The third-order valence-corrected chi connectivity index (χ3v) is 14.1. The molecule has 0 aliphatic heterocycles. The van der Waals surface area contributed by atoms with Crippen LogP contribution in [0.1, 0.15) is 239 Å². The molecule has 3 aromatic heterocycles. The van der Waals surface area contributed by atoms with Crippen LogP contribution < -0.4 is 42.1 Å². The molecule has 0 spiro atoms. The van der Waals surface area contributed by atoms with E-state index in [0.717, 1.165) is 50.2 Å². The number of carboxylic acids is 1. The summed E-state index contributed by atoms with van der Waals surface area (Å²) in [5.74, 6) is -6.89. The Balaban J connectivity index is 0.000000263. The van der Waals surface area contributed by atoms with Gasteiger partial charge >= 0.3 is 17.9 Å². The molecule has 0 fully saturated rings. The zero-order valence-corrected chi connectivity index (χ0v) is 53.2. The maximum atomic E-state index is 13.3. The molecule has 0 aliphatic carbocycles. The first kappa shape index (κ1) is 42.9. The number of phenols is 1. The summed E-state index contributed by atoms with van der Waals surface area (Å²) in [6.07, 6.45) is 3.67. The number of fused-ring (bicyclic) bond motifs is 3. The molecule has 18 heteroatoms. The van der Waals surface area contributed by atoms with Crippen LogP contribution in [0.4, 0.5) is 17.1 Å². The third kappa shape index (κ3) is 17.7. The van der Waals surface area contributed by atoms with E-state index in [1.165, 1.54) is 24.7 Å². The number of aromatic amines is 3. The highest BCUT2D eigenvalue weighted by atomic mass is 16.5. The predicted octanol–water partition coefficient (Wildman–Crippen LogP) is 15.4. The maximum Gasteiger partial charge on any atom is 0.341 e. The number of carbonyl (C=O) groups is 5. The molecule has 0 unspecified atom stereocenters. The van der Waals surface area contributed by atoms with E-state index in [0.29, 0.717) is 27.5 Å². The Kier molecular flexibility index (Phi) is 12.8. The molecule has 496 valence electrons. The standard InChI is InChI=1S/C26H30N2O4.C24H28N2O3.C16H25NO2.C10H7NO3/c1-15(29)32-22-13-21(18(25(2,3)4)12-19(22)26(5,6)7)28-24(31)17-14-27-20-11-9-8-10-16(20)23(17)30;1-23(2,3)16-11-17(24(4,5)6)20(27)12-19(16)26-22(29)15-13-25-18-10-8-7-9-14(18)21(15)28;1-10(18)19-14-9-13(17)11(15(2,3)4)8-12(14)16(5,6)7;12-9-6-3-1-2-4-8(6)11-5-7(9)10(13)14/h8-14H,1-7H3,(H,27,30)(H,28,31);7-13,27H,1-6H3,(H,25,28)(H,26,29);8-9H,17H2,1-7H3;1-5H,(H,11,12)(H,13,14)/i5D3,6D3,7D3;4D3,5D3,6D3;5D3,6D3,7D3;. The number of benzene rings is 6. The highest BCUT2D eigenvalue weighted by Gasteiger charge is 2.31. The van der Waals surface area contributed by atoms with Crippen LogP contribution in [-0.2, 0) is 42.1 Å². The molecule has 2 amide bonds. The number of carboxylic acid groups (broad SMARTS) is 1. The van der Waals surface area contributed by atoms with E-state index in [1.54, 1.807) is 129 Å². The van der Waals surface area contributed by atoms with Gasteiger partial charge in [0.2, 0.25) is 16.3 Å². The molecule has 0 saturated carbocycles. The number of phenolic OH excluding ortho intramolecular Hbond substituents is 1. The Hall–Kier alpha value is -10.1. The van der Waals surface area contributed by atoms with Crippen LogP contribution in [-0.4, -0.2) is 54.9 Å². The van der Waals surface area contributed by atoms with Crippen molar-refractivity contribution in [3.05, 3.63) is 209 Å². The number of rotatable bonds is 7. The molecule has 3 heterocycles. The van der Waals surface area contributed by atoms with Gasteiger partial charge < -0.3 is 51.0 Å². The van der Waals surface area contributed by atoms with Gasteiger partial charge in [-0.3, -0.25) is 33.6 Å². The van der Waals surface area contributed by atoms with Gasteiger partial charge in [0.25, 0.3) is 11.8 Å². The number of pyridine rings is 3. The molecule has 9 N–H and O–H groups in total. The Bertz CT molecular complexity index is 5540. The van der Waals surface area contributed by atoms with Crippen LogP contribution in [0.25, 0.3) is 32.7 Å². The van der Waals surface area contributed by atoms with E-state index in [9.17, 15) is 43.5 Å². The lowest BCUT2D eigenvalue weighted by molar-refractivity contribution is -0.132. The summed E-state index contributed by atoms with van der Waals surface area (Å²) in [7, 11) is 0. The molecule has 0 radical (unpaired) electrons. The predicted molar refractivity (Wildman–Crippen MR) is 377 cm³/mol. The van der Waals surface area contributed by atoms with E-state index >= 15 is 0 Å². The number of nitrogens with one attached hydrogen (secondary N) is 5. The zero-order chi connectivity index (χ0) is 93.0. The number of aromatic nitrogens is 3. The number of ether oxygens (including phenoxy) is 2. The lowest BCUT2D eigenvalue weighted by Gasteiger charge is -2.29. The minimum Gasteiger partial charge on any atom is -0.508 e. The third-order valence-electron chi connectivity index (χ3n) is 14.1. The van der Waals surface area contributed by atoms with Gasteiger partial charge in [-0.2, -0.15) is 0 Å². The Labute approximate surface area is 586 Å². The average molecular weight is 1310 g/mol. The number of anilines is 3. The molecular weight excluding hydrogens is 1190 g/mol. The van der Waals surface area contributed by atoms with Gasteiger partial charge in [-0.25, -0.2) is 4.79 Å². The van der Waals surface area contributed by atoms with Gasteiger partial charge in [0.1, 0.15) is 33.9 Å². The highest BCUT2D eigenvalue weighted by molar-refractivity contribution is 6.07. The van der Waals surface area contributed by atoms with Gasteiger partial charge in [0, 0.05) is 149 Å². The summed E-state index contributed by atoms with van der Waals surface area (Å²) < 4.78 is 226. The fourth-order valence-electron chi connectivity index (χ4n) is 9.60. The van der Waals surface area contributed by atoms with Crippen molar-refractivity contribution in [2.45, 2.75) is 170 Å². The van der Waals surface area contributed by atoms with Gasteiger partial charge in [-0.15, -0.1) is 0 Å². The molecule has 94 heavy (non-hydrogen) atoms. The zero-order valence-electron chi connectivity index (χ0n) is 80.2. The van der Waals surface area contributed by atoms with Crippen molar-refractivity contribution in [2.24, 2.45) is 0 Å². The molecule has 0 atom stereocenters. The van der Waals surface area contributed by atoms with E-state index in [2.05, 4.69) is 25.6 Å². The summed E-state index contributed by atoms with van der Waals surface area (Å²) in [4.78, 5) is 107. The summed E-state index contributed by atoms with van der Waals surface area (Å²) in [6, 6.07) is 26.1. The quantitative estimate of drug-likeness (QED) is 0.0419. The number of nitrogens with two attached hydrogens (primary N) is 1. The fourth-order valence-corrected chi connectivity index (χ4v) is 9.60. The molecule has 0 aliphatic rings. The monoisotopic (exact) mass is 1310 g/mol. The number of aromatic carboxylic acids is 1. The number of hydrogen-bond donors (Lipinski definition) is 8. The number of H-pyrrole nitrogens is 3. The molecule has 6 aromatic carbocycles. The van der Waals surface area contributed by atoms with Gasteiger partial charge in [0.05, 0.1) is 0 Å². The first-order chi connectivity index (χ1) is 54.6. The number of esters is 2. The average Bonchev–Trinajstić information content (AvgIpc) is 0.713. The SMILES string of the molecule is O=C(O)c1c[nH]c2ccccc2c1=O.[2H]C([2H])([2H])C(c1cc(C(C)(C)C)c(N)cc1OC(C)=O)(C([2H])([2H])[2H])C([2H])([2H])[2H].[2H]C([2H])([2H])C(c1cc(C(C)(C)C)c(NC(=O)c2c[nH]c3ccccc3c2=O)cc1O)(C([2H])([2H])[2H])C([2H])([2H])[2H].[2H]C([2H])([2H])C(c1cc(C(C)(C)C)c(NC(=O)c2c[nH]c3ccccc3c2=O)cc1OC(C)=O)(C([2H])([2H])[2H])C([2H])([2H])[2H]. The lowest BCUT2D eigenvalue weighted by Crippen LogP contribution is -2.25. The first-order valence-electron chi connectivity index (χ1n) is 42.1. The van der Waals surface area contributed by atoms with Crippen LogP contribution in [0.15, 0.2) is 142 Å². The molecule has 9 aromatic rings. The van der Waals surface area contributed by atoms with E-state index in [1.807, 2.05) is 0 Å². The topological polar surface area (TPSA) is 293 Å². The van der Waals surface area contributed by atoms with Gasteiger partial charge in [0.15, 0.2) is 0 Å². The Morgan fingerprint density at radius 1 is 0.436 bits per heavy atom. The second-order valence-corrected chi connectivity index (χ2v) is 24.9. The molecule has 9 rings (SSSR count). The number of hydrogen-bond acceptors (Lipinski definition) is 12. The van der Waals surface area contributed by atoms with Crippen molar-refractivity contribution in [2.75, 3.05) is 16.4 Å². The van der Waals surface area contributed by atoms with Crippen LogP contribution in [0.3, 0.4) is 0 Å². The Morgan fingerprint density at radius 2 is 0.755 bits per heavy atom. The summed E-state index contributed by atoms with van der Waals surface area (Å²) in [5.41, 5.74) is -8.93. The number of para-hydroxylation sites is 3. The molecule has 0 bridgehead atoms. The summed E-state index contributed by atoms with van der Waals surface area (Å²) in [5, 5.41) is 25.7. The van der Waals surface area contributed by atoms with Gasteiger partial charge in [-0.1, -0.05) is 160 Å². The Morgan fingerprint density at radius 3 is 1.12 bits per heavy atom. The summed E-state index contributed by atoms with van der Waals surface area (Å²) in [6.45, 7) is -14.8. The number of carbonyl (C=O) groups excluding carboxylic acids is 4. The van der Waals surface area contributed by atoms with Crippen molar-refractivity contribution in [3.8, 4) is 17.2 Å². The van der Waals surface area contributed by atoms with Gasteiger partial charge in [-0.05, 0) is 109 Å². The minimum absolute atomic E-state index is 0.0492. The van der Waals surface area contributed by atoms with Crippen molar-refractivity contribution in [1.82, 2.24) is 15.0 Å². The van der Waals surface area contributed by atoms with E-state index in [4.69, 9.17) is 57.3 Å². The molecule has 0 saturated heterocycles. The van der Waals surface area contributed by atoms with Crippen molar-refractivity contribution in [1.29, 1.82) is 0 Å². The highest BCUT2D eigenvalue weighted by Crippen LogP contribution is 2.43.